The van der Waals surface area contributed by atoms with E-state index in [4.69, 9.17) is 0 Å². The Morgan fingerprint density at radius 3 is 2.30 bits per heavy atom. The van der Waals surface area contributed by atoms with Crippen molar-refractivity contribution in [1.29, 1.82) is 0 Å². The van der Waals surface area contributed by atoms with Crippen LogP contribution in [-0.4, -0.2) is 69.5 Å². The number of amides is 1. The minimum Gasteiger partial charge on any atom is -0.335 e. The molecule has 1 aliphatic heterocycles. The summed E-state index contributed by atoms with van der Waals surface area (Å²) in [4.78, 5) is 22.2. The second kappa shape index (κ2) is 7.35. The molecule has 3 rings (SSSR count). The van der Waals surface area contributed by atoms with E-state index in [9.17, 15) is 13.2 Å². The van der Waals surface area contributed by atoms with E-state index < -0.39 is 10.0 Å². The first-order valence-electron chi connectivity index (χ1n) is 8.84. The summed E-state index contributed by atoms with van der Waals surface area (Å²) in [5.41, 5.74) is 1.40. The number of piperazine rings is 1. The van der Waals surface area contributed by atoms with Gasteiger partial charge in [0.1, 0.15) is 10.6 Å². The van der Waals surface area contributed by atoms with Crippen LogP contribution in [0.3, 0.4) is 0 Å². The lowest BCUT2D eigenvalue weighted by Gasteiger charge is -2.33. The topological polar surface area (TPSA) is 101 Å². The molecule has 0 radical (unpaired) electrons. The Hall–Kier alpha value is -2.33. The minimum atomic E-state index is -3.67. The predicted molar refractivity (Wildman–Crippen MR) is 98.8 cm³/mol. The molecule has 2 aromatic rings. The number of aromatic nitrogens is 4. The van der Waals surface area contributed by atoms with Crippen molar-refractivity contribution in [3.8, 4) is 0 Å². The molecule has 0 unspecified atom stereocenters. The lowest BCUT2D eigenvalue weighted by molar-refractivity contribution is 0.0691. The molecule has 0 saturated carbocycles. The standard InChI is InChI=1S/C17H24N6O3S/c1-12(2)23-14(4)16(13(3)20-23)27(25,26)22-9-7-21(8-10-22)17(24)15-11-18-5-6-19-15/h5-6,11-12H,7-10H2,1-4H3. The fourth-order valence-electron chi connectivity index (χ4n) is 3.36. The fourth-order valence-corrected chi connectivity index (χ4v) is 5.14. The normalized spacial score (nSPS) is 16.1. The van der Waals surface area contributed by atoms with Crippen LogP contribution >= 0.6 is 0 Å². The van der Waals surface area contributed by atoms with Crippen LogP contribution in [0.25, 0.3) is 0 Å². The molecule has 1 fully saturated rings. The first-order valence-corrected chi connectivity index (χ1v) is 10.3. The van der Waals surface area contributed by atoms with E-state index >= 15 is 0 Å². The van der Waals surface area contributed by atoms with Gasteiger partial charge in [0.2, 0.25) is 10.0 Å². The number of hydrogen-bond donors (Lipinski definition) is 0. The third kappa shape index (κ3) is 3.59. The van der Waals surface area contributed by atoms with Crippen LogP contribution in [0.5, 0.6) is 0 Å². The highest BCUT2D eigenvalue weighted by molar-refractivity contribution is 7.89. The van der Waals surface area contributed by atoms with Gasteiger partial charge in [-0.2, -0.15) is 9.40 Å². The molecule has 1 amide bonds. The highest BCUT2D eigenvalue weighted by atomic mass is 32.2. The van der Waals surface area contributed by atoms with Gasteiger partial charge in [0, 0.05) is 44.6 Å². The average molecular weight is 392 g/mol. The van der Waals surface area contributed by atoms with Gasteiger partial charge in [-0.15, -0.1) is 0 Å². The summed E-state index contributed by atoms with van der Waals surface area (Å²) < 4.78 is 29.5. The van der Waals surface area contributed by atoms with E-state index in [-0.39, 0.29) is 35.6 Å². The molecule has 1 aliphatic rings. The molecule has 10 heteroatoms. The van der Waals surface area contributed by atoms with Gasteiger partial charge < -0.3 is 4.90 Å². The smallest absolute Gasteiger partial charge is 0.274 e. The number of nitrogens with zero attached hydrogens (tertiary/aromatic N) is 6. The van der Waals surface area contributed by atoms with Crippen LogP contribution in [0.2, 0.25) is 0 Å². The fraction of sp³-hybridized carbons (Fsp3) is 0.529. The third-order valence-electron chi connectivity index (χ3n) is 4.65. The lowest BCUT2D eigenvalue weighted by Crippen LogP contribution is -2.50. The van der Waals surface area contributed by atoms with Crippen molar-refractivity contribution in [2.75, 3.05) is 26.2 Å². The second-order valence-electron chi connectivity index (χ2n) is 6.83. The Balaban J connectivity index is 1.77. The third-order valence-corrected chi connectivity index (χ3v) is 6.81. The van der Waals surface area contributed by atoms with Crippen molar-refractivity contribution in [3.63, 3.8) is 0 Å². The zero-order chi connectivity index (χ0) is 19.8. The number of hydrogen-bond acceptors (Lipinski definition) is 6. The van der Waals surface area contributed by atoms with E-state index in [1.807, 2.05) is 13.8 Å². The van der Waals surface area contributed by atoms with Gasteiger partial charge in [0.15, 0.2) is 0 Å². The molecule has 146 valence electrons. The summed E-state index contributed by atoms with van der Waals surface area (Å²) in [6, 6.07) is 0.0779. The molecule has 0 aromatic carbocycles. The van der Waals surface area contributed by atoms with Crippen molar-refractivity contribution < 1.29 is 13.2 Å². The van der Waals surface area contributed by atoms with Crippen molar-refractivity contribution in [1.82, 2.24) is 29.0 Å². The molecule has 0 N–H and O–H groups in total. The van der Waals surface area contributed by atoms with E-state index in [1.54, 1.807) is 23.4 Å². The van der Waals surface area contributed by atoms with Crippen LogP contribution in [0.1, 0.15) is 41.8 Å². The average Bonchev–Trinajstić information content (AvgIpc) is 2.97. The van der Waals surface area contributed by atoms with Crippen molar-refractivity contribution in [2.24, 2.45) is 0 Å². The molecule has 0 bridgehead atoms. The number of rotatable bonds is 4. The molecular weight excluding hydrogens is 368 g/mol. The molecule has 1 saturated heterocycles. The van der Waals surface area contributed by atoms with Crippen molar-refractivity contribution in [3.05, 3.63) is 35.7 Å². The summed E-state index contributed by atoms with van der Waals surface area (Å²) in [6.07, 6.45) is 4.38. The van der Waals surface area contributed by atoms with Crippen LogP contribution in [0.4, 0.5) is 0 Å². The zero-order valence-electron chi connectivity index (χ0n) is 16.0. The maximum atomic E-state index is 13.2. The first kappa shape index (κ1) is 19.4. The maximum Gasteiger partial charge on any atom is 0.274 e. The number of aryl methyl sites for hydroxylation is 1. The highest BCUT2D eigenvalue weighted by Crippen LogP contribution is 2.26. The van der Waals surface area contributed by atoms with Gasteiger partial charge in [-0.1, -0.05) is 0 Å². The summed E-state index contributed by atoms with van der Waals surface area (Å²) in [5, 5.41) is 4.38. The second-order valence-corrected chi connectivity index (χ2v) is 8.70. The molecule has 0 spiro atoms. The van der Waals surface area contributed by atoms with Gasteiger partial charge in [-0.25, -0.2) is 13.4 Å². The van der Waals surface area contributed by atoms with E-state index in [0.29, 0.717) is 24.5 Å². The summed E-state index contributed by atoms with van der Waals surface area (Å²) in [7, 11) is -3.67. The number of carbonyl (C=O) groups is 1. The minimum absolute atomic E-state index is 0.0779. The summed E-state index contributed by atoms with van der Waals surface area (Å²) in [6.45, 7) is 8.52. The largest absolute Gasteiger partial charge is 0.335 e. The Morgan fingerprint density at radius 2 is 1.78 bits per heavy atom. The predicted octanol–water partition coefficient (Wildman–Crippen LogP) is 1.02. The Kier molecular flexibility index (Phi) is 5.29. The Morgan fingerprint density at radius 1 is 1.11 bits per heavy atom. The number of carbonyl (C=O) groups excluding carboxylic acids is 1. The Labute approximate surface area is 159 Å². The van der Waals surface area contributed by atoms with E-state index in [0.717, 1.165) is 0 Å². The first-order chi connectivity index (χ1) is 12.7. The maximum absolute atomic E-state index is 13.2. The van der Waals surface area contributed by atoms with Gasteiger partial charge in [-0.05, 0) is 27.7 Å². The van der Waals surface area contributed by atoms with Crippen LogP contribution in [0.15, 0.2) is 23.5 Å². The van der Waals surface area contributed by atoms with E-state index in [2.05, 4.69) is 15.1 Å². The van der Waals surface area contributed by atoms with Gasteiger partial charge in [-0.3, -0.25) is 14.5 Å². The highest BCUT2D eigenvalue weighted by Gasteiger charge is 2.34. The number of sulfonamides is 1. The van der Waals surface area contributed by atoms with Gasteiger partial charge >= 0.3 is 0 Å². The summed E-state index contributed by atoms with van der Waals surface area (Å²) in [5.74, 6) is -0.236. The van der Waals surface area contributed by atoms with Gasteiger partial charge in [0.05, 0.1) is 17.6 Å². The SMILES string of the molecule is Cc1nn(C(C)C)c(C)c1S(=O)(=O)N1CCN(C(=O)c2cnccn2)CC1. The van der Waals surface area contributed by atoms with Crippen LogP contribution < -0.4 is 0 Å². The molecule has 3 heterocycles. The monoisotopic (exact) mass is 392 g/mol. The van der Waals surface area contributed by atoms with Crippen molar-refractivity contribution >= 4 is 15.9 Å². The quantitative estimate of drug-likeness (QED) is 0.770. The molecular formula is C17H24N6O3S. The zero-order valence-corrected chi connectivity index (χ0v) is 16.8. The van der Waals surface area contributed by atoms with Crippen LogP contribution in [0, 0.1) is 13.8 Å². The lowest BCUT2D eigenvalue weighted by atomic mass is 10.3. The van der Waals surface area contributed by atoms with Crippen molar-refractivity contribution in [2.45, 2.75) is 38.6 Å². The molecule has 2 aromatic heterocycles. The molecule has 0 atom stereocenters. The summed E-state index contributed by atoms with van der Waals surface area (Å²) >= 11 is 0. The van der Waals surface area contributed by atoms with E-state index in [1.165, 1.54) is 22.9 Å². The molecule has 0 aliphatic carbocycles. The molecule has 27 heavy (non-hydrogen) atoms. The molecule has 9 nitrogen and oxygen atoms in total. The van der Waals surface area contributed by atoms with Crippen LogP contribution in [-0.2, 0) is 10.0 Å². The van der Waals surface area contributed by atoms with Gasteiger partial charge in [0.25, 0.3) is 5.91 Å². The Bertz CT molecular complexity index is 931.